The summed E-state index contributed by atoms with van der Waals surface area (Å²) < 4.78 is 20.6. The molecule has 2 aliphatic heterocycles. The molecule has 12 heteroatoms. The number of cyclic esters (lactones) is 2. The highest BCUT2D eigenvalue weighted by Crippen LogP contribution is 2.48. The number of carbonyl (C=O) groups is 2. The van der Waals surface area contributed by atoms with Gasteiger partial charge in [-0.3, -0.25) is 0 Å². The summed E-state index contributed by atoms with van der Waals surface area (Å²) in [6.45, 7) is 5.23. The number of hydrogen-bond acceptors (Lipinski definition) is 12. The number of hydrogen-bond donors (Lipinski definition) is 6. The SMILES string of the molecule is COc1cc(O)c2c(c1C)[C@](C)([C@@H](O)CO)OC2=O.COc1cc(O)c2c(c1C)[C@](C)([C@@H](O)CO)OC2=O. The van der Waals surface area contributed by atoms with Crippen molar-refractivity contribution in [3.8, 4) is 23.0 Å². The Morgan fingerprint density at radius 1 is 0.763 bits per heavy atom. The second-order valence-electron chi connectivity index (χ2n) is 9.34. The first-order valence-corrected chi connectivity index (χ1v) is 11.6. The molecule has 0 spiro atoms. The van der Waals surface area contributed by atoms with Crippen molar-refractivity contribution in [2.24, 2.45) is 0 Å². The first kappa shape index (κ1) is 29.0. The Hall–Kier alpha value is -3.58. The predicted octanol–water partition coefficient (Wildman–Crippen LogP) is 0.896. The number of phenolic OH excluding ortho intramolecular Hbond substituents is 2. The molecule has 38 heavy (non-hydrogen) atoms. The zero-order valence-electron chi connectivity index (χ0n) is 21.9. The molecule has 0 bridgehead atoms. The molecular weight excluding hydrogens is 504 g/mol. The van der Waals surface area contributed by atoms with E-state index in [-0.39, 0.29) is 22.6 Å². The summed E-state index contributed by atoms with van der Waals surface area (Å²) >= 11 is 0. The van der Waals surface area contributed by atoms with Crippen molar-refractivity contribution >= 4 is 11.9 Å². The Labute approximate surface area is 218 Å². The summed E-state index contributed by atoms with van der Waals surface area (Å²) in [5, 5.41) is 57.9. The van der Waals surface area contributed by atoms with Gasteiger partial charge < -0.3 is 49.6 Å². The quantitative estimate of drug-likeness (QED) is 0.286. The van der Waals surface area contributed by atoms with Crippen LogP contribution in [0.5, 0.6) is 23.0 Å². The third kappa shape index (κ3) is 4.29. The summed E-state index contributed by atoms with van der Waals surface area (Å²) in [6, 6.07) is 2.65. The van der Waals surface area contributed by atoms with Crippen molar-refractivity contribution in [3.63, 3.8) is 0 Å². The maximum Gasteiger partial charge on any atom is 0.343 e. The molecule has 0 aliphatic carbocycles. The highest BCUT2D eigenvalue weighted by Gasteiger charge is 2.51. The minimum absolute atomic E-state index is 0.00769. The monoisotopic (exact) mass is 536 g/mol. The fourth-order valence-electron chi connectivity index (χ4n) is 4.97. The lowest BCUT2D eigenvalue weighted by atomic mass is 9.85. The number of carbonyl (C=O) groups excluding carboxylic acids is 2. The van der Waals surface area contributed by atoms with Gasteiger partial charge in [0, 0.05) is 23.3 Å². The maximum absolute atomic E-state index is 11.9. The van der Waals surface area contributed by atoms with Gasteiger partial charge in [0.25, 0.3) is 0 Å². The number of fused-ring (bicyclic) bond motifs is 2. The average Bonchev–Trinajstić information content (AvgIpc) is 3.33. The van der Waals surface area contributed by atoms with E-state index in [2.05, 4.69) is 0 Å². The Kier molecular flexibility index (Phi) is 7.85. The van der Waals surface area contributed by atoms with Crippen molar-refractivity contribution in [2.45, 2.75) is 51.1 Å². The van der Waals surface area contributed by atoms with Crippen LogP contribution in [0.1, 0.15) is 56.8 Å². The van der Waals surface area contributed by atoms with Gasteiger partial charge in [0.2, 0.25) is 0 Å². The van der Waals surface area contributed by atoms with E-state index in [1.807, 2.05) is 0 Å². The van der Waals surface area contributed by atoms with Gasteiger partial charge in [0.05, 0.1) is 27.4 Å². The first-order chi connectivity index (χ1) is 17.7. The lowest BCUT2D eigenvalue weighted by molar-refractivity contribution is -0.0910. The number of aliphatic hydroxyl groups excluding tert-OH is 4. The highest BCUT2D eigenvalue weighted by molar-refractivity contribution is 5.99. The van der Waals surface area contributed by atoms with Gasteiger partial charge in [-0.2, -0.15) is 0 Å². The summed E-state index contributed by atoms with van der Waals surface area (Å²) in [4.78, 5) is 23.7. The number of esters is 2. The van der Waals surface area contributed by atoms with E-state index in [0.717, 1.165) is 0 Å². The predicted molar refractivity (Wildman–Crippen MR) is 131 cm³/mol. The molecule has 4 atom stereocenters. The van der Waals surface area contributed by atoms with Crippen LogP contribution in [0.25, 0.3) is 0 Å². The van der Waals surface area contributed by atoms with Crippen LogP contribution in [0.3, 0.4) is 0 Å². The van der Waals surface area contributed by atoms with Crippen molar-refractivity contribution in [3.05, 3.63) is 45.5 Å². The molecular formula is C26H32O12. The average molecular weight is 537 g/mol. The number of aromatic hydroxyl groups is 2. The molecule has 0 saturated carbocycles. The fraction of sp³-hybridized carbons (Fsp3) is 0.462. The van der Waals surface area contributed by atoms with Crippen molar-refractivity contribution < 1.29 is 59.2 Å². The topological polar surface area (TPSA) is 192 Å². The van der Waals surface area contributed by atoms with Crippen LogP contribution >= 0.6 is 0 Å². The van der Waals surface area contributed by atoms with Gasteiger partial charge in [-0.1, -0.05) is 0 Å². The standard InChI is InChI=1S/2C13H16O6/c2*1-6-8(18-3)4-7(15)10-11(6)13(2,9(16)5-14)19-12(10)17/h2*4,9,14-16H,5H2,1-3H3/t2*9-,13-/m00/s1. The zero-order chi connectivity index (χ0) is 28.7. The molecule has 0 saturated heterocycles. The number of aliphatic hydroxyl groups is 4. The third-order valence-corrected chi connectivity index (χ3v) is 7.11. The van der Waals surface area contributed by atoms with Gasteiger partial charge in [0.15, 0.2) is 11.2 Å². The van der Waals surface area contributed by atoms with E-state index in [0.29, 0.717) is 33.8 Å². The smallest absolute Gasteiger partial charge is 0.343 e. The van der Waals surface area contributed by atoms with Crippen LogP contribution in [0.15, 0.2) is 12.1 Å². The minimum atomic E-state index is -1.41. The number of methoxy groups -OCH3 is 2. The normalized spacial score (nSPS) is 22.9. The van der Waals surface area contributed by atoms with Crippen LogP contribution in [-0.4, -0.2) is 82.2 Å². The summed E-state index contributed by atoms with van der Waals surface area (Å²) in [5.41, 5.74) is -0.949. The molecule has 208 valence electrons. The van der Waals surface area contributed by atoms with Crippen LogP contribution in [0.4, 0.5) is 0 Å². The van der Waals surface area contributed by atoms with E-state index < -0.39 is 48.6 Å². The lowest BCUT2D eigenvalue weighted by Crippen LogP contribution is -2.39. The molecule has 6 N–H and O–H groups in total. The number of rotatable bonds is 6. The largest absolute Gasteiger partial charge is 0.507 e. The number of phenols is 2. The molecule has 0 unspecified atom stereocenters. The van der Waals surface area contributed by atoms with Gasteiger partial charge >= 0.3 is 11.9 Å². The second kappa shape index (κ2) is 10.3. The Morgan fingerprint density at radius 3 is 1.34 bits per heavy atom. The Balaban J connectivity index is 0.000000211. The maximum atomic E-state index is 11.9. The lowest BCUT2D eigenvalue weighted by Gasteiger charge is -2.29. The highest BCUT2D eigenvalue weighted by atomic mass is 16.6. The molecule has 2 aromatic rings. The summed E-state index contributed by atoms with van der Waals surface area (Å²) in [6.07, 6.45) is -2.58. The van der Waals surface area contributed by atoms with E-state index in [4.69, 9.17) is 29.2 Å². The van der Waals surface area contributed by atoms with Gasteiger partial charge in [-0.25, -0.2) is 9.59 Å². The van der Waals surface area contributed by atoms with Gasteiger partial charge in [0.1, 0.15) is 46.3 Å². The Bertz CT molecular complexity index is 1170. The second-order valence-corrected chi connectivity index (χ2v) is 9.34. The van der Waals surface area contributed by atoms with Gasteiger partial charge in [-0.15, -0.1) is 0 Å². The molecule has 0 fully saturated rings. The first-order valence-electron chi connectivity index (χ1n) is 11.6. The van der Waals surface area contributed by atoms with Crippen LogP contribution in [0, 0.1) is 13.8 Å². The summed E-state index contributed by atoms with van der Waals surface area (Å²) in [5.74, 6) is -1.23. The fourth-order valence-corrected chi connectivity index (χ4v) is 4.97. The molecule has 2 aromatic carbocycles. The molecule has 0 radical (unpaired) electrons. The number of ether oxygens (including phenoxy) is 4. The van der Waals surface area contributed by atoms with E-state index in [1.54, 1.807) is 13.8 Å². The van der Waals surface area contributed by atoms with Crippen LogP contribution in [0.2, 0.25) is 0 Å². The molecule has 4 rings (SSSR count). The Morgan fingerprint density at radius 2 is 1.08 bits per heavy atom. The molecule has 0 aromatic heterocycles. The number of benzene rings is 2. The van der Waals surface area contributed by atoms with Crippen LogP contribution < -0.4 is 9.47 Å². The molecule has 12 nitrogen and oxygen atoms in total. The van der Waals surface area contributed by atoms with E-state index >= 15 is 0 Å². The van der Waals surface area contributed by atoms with Crippen LogP contribution in [-0.2, 0) is 20.7 Å². The van der Waals surface area contributed by atoms with Crippen molar-refractivity contribution in [2.75, 3.05) is 27.4 Å². The summed E-state index contributed by atoms with van der Waals surface area (Å²) in [7, 11) is 2.87. The van der Waals surface area contributed by atoms with E-state index in [9.17, 15) is 30.0 Å². The van der Waals surface area contributed by atoms with E-state index in [1.165, 1.54) is 40.2 Å². The minimum Gasteiger partial charge on any atom is -0.507 e. The van der Waals surface area contributed by atoms with Gasteiger partial charge in [-0.05, 0) is 38.8 Å². The third-order valence-electron chi connectivity index (χ3n) is 7.11. The van der Waals surface area contributed by atoms with Crippen molar-refractivity contribution in [1.82, 2.24) is 0 Å². The molecule has 2 heterocycles. The molecule has 0 amide bonds. The zero-order valence-corrected chi connectivity index (χ0v) is 21.9. The van der Waals surface area contributed by atoms with Crippen molar-refractivity contribution in [1.29, 1.82) is 0 Å². The molecule has 2 aliphatic rings.